The Hall–Kier alpha value is -1.95. The first-order valence-electron chi connectivity index (χ1n) is 6.38. The van der Waals surface area contributed by atoms with Crippen LogP contribution in [0.4, 0.5) is 5.82 Å². The number of amides is 2. The molecule has 0 spiro atoms. The Morgan fingerprint density at radius 2 is 2.32 bits per heavy atom. The largest absolute Gasteiger partial charge is 0.335 e. The van der Waals surface area contributed by atoms with Crippen LogP contribution < -0.4 is 15.5 Å². The van der Waals surface area contributed by atoms with Gasteiger partial charge in [0.1, 0.15) is 11.9 Å². The van der Waals surface area contributed by atoms with Gasteiger partial charge in [-0.05, 0) is 19.5 Å². The summed E-state index contributed by atoms with van der Waals surface area (Å²) in [5, 5.41) is 5.56. The number of hydrogen-bond acceptors (Lipinski definition) is 5. The number of aromatic nitrogens is 1. The van der Waals surface area contributed by atoms with Crippen molar-refractivity contribution in [3.8, 4) is 0 Å². The standard InChI is InChI=1S/C13H18N4O2/c1-3-14-7-10-5-4-6-15-12(10)17-8-11(18)16-13(19)9(17)2/h4-6,9,14H,3,7-8H2,1-2H3,(H,16,18,19). The highest BCUT2D eigenvalue weighted by atomic mass is 16.2. The highest BCUT2D eigenvalue weighted by Gasteiger charge is 2.31. The van der Waals surface area contributed by atoms with Crippen LogP contribution in [0.15, 0.2) is 18.3 Å². The van der Waals surface area contributed by atoms with Gasteiger partial charge in [0.2, 0.25) is 11.8 Å². The molecule has 102 valence electrons. The molecule has 19 heavy (non-hydrogen) atoms. The number of anilines is 1. The van der Waals surface area contributed by atoms with E-state index < -0.39 is 6.04 Å². The number of rotatable bonds is 4. The van der Waals surface area contributed by atoms with Gasteiger partial charge in [0.05, 0.1) is 6.54 Å². The number of carbonyl (C=O) groups excluding carboxylic acids is 2. The fourth-order valence-electron chi connectivity index (χ4n) is 2.06. The second-order valence-corrected chi connectivity index (χ2v) is 4.48. The lowest BCUT2D eigenvalue weighted by atomic mass is 10.1. The lowest BCUT2D eigenvalue weighted by Gasteiger charge is -2.33. The Kier molecular flexibility index (Phi) is 4.11. The summed E-state index contributed by atoms with van der Waals surface area (Å²) in [6, 6.07) is 3.41. The molecule has 1 fully saturated rings. The molecule has 1 saturated heterocycles. The average molecular weight is 262 g/mol. The number of nitrogens with zero attached hydrogens (tertiary/aromatic N) is 2. The third-order valence-corrected chi connectivity index (χ3v) is 3.13. The van der Waals surface area contributed by atoms with E-state index in [1.165, 1.54) is 0 Å². The van der Waals surface area contributed by atoms with Gasteiger partial charge in [0.25, 0.3) is 0 Å². The Morgan fingerprint density at radius 1 is 1.53 bits per heavy atom. The van der Waals surface area contributed by atoms with Crippen molar-refractivity contribution in [3.05, 3.63) is 23.9 Å². The minimum Gasteiger partial charge on any atom is -0.335 e. The van der Waals surface area contributed by atoms with Gasteiger partial charge in [-0.1, -0.05) is 13.0 Å². The van der Waals surface area contributed by atoms with Crippen LogP contribution in [0, 0.1) is 0 Å². The molecule has 6 heteroatoms. The zero-order valence-corrected chi connectivity index (χ0v) is 11.1. The summed E-state index contributed by atoms with van der Waals surface area (Å²) in [6.45, 7) is 5.47. The van der Waals surface area contributed by atoms with Crippen LogP contribution in [0.25, 0.3) is 0 Å². The maximum absolute atomic E-state index is 11.7. The number of pyridine rings is 1. The van der Waals surface area contributed by atoms with Crippen molar-refractivity contribution in [1.29, 1.82) is 0 Å². The number of nitrogens with one attached hydrogen (secondary N) is 2. The van der Waals surface area contributed by atoms with Gasteiger partial charge in [-0.25, -0.2) is 4.98 Å². The number of imide groups is 1. The molecule has 2 amide bonds. The van der Waals surface area contributed by atoms with E-state index in [-0.39, 0.29) is 18.4 Å². The smallest absolute Gasteiger partial charge is 0.249 e. The molecule has 1 atom stereocenters. The molecule has 0 saturated carbocycles. The number of piperazine rings is 1. The molecule has 1 unspecified atom stereocenters. The van der Waals surface area contributed by atoms with E-state index >= 15 is 0 Å². The summed E-state index contributed by atoms with van der Waals surface area (Å²) >= 11 is 0. The first-order chi connectivity index (χ1) is 9.13. The van der Waals surface area contributed by atoms with Crippen LogP contribution in [-0.2, 0) is 16.1 Å². The summed E-state index contributed by atoms with van der Waals surface area (Å²) in [7, 11) is 0. The van der Waals surface area contributed by atoms with E-state index in [2.05, 4.69) is 15.6 Å². The van der Waals surface area contributed by atoms with Gasteiger partial charge in [0, 0.05) is 18.3 Å². The Bertz CT molecular complexity index is 489. The van der Waals surface area contributed by atoms with Crippen molar-refractivity contribution >= 4 is 17.6 Å². The molecule has 0 bridgehead atoms. The van der Waals surface area contributed by atoms with E-state index in [0.29, 0.717) is 12.4 Å². The predicted molar refractivity (Wildman–Crippen MR) is 71.6 cm³/mol. The van der Waals surface area contributed by atoms with Crippen LogP contribution in [0.2, 0.25) is 0 Å². The fraction of sp³-hybridized carbons (Fsp3) is 0.462. The van der Waals surface area contributed by atoms with Crippen LogP contribution >= 0.6 is 0 Å². The van der Waals surface area contributed by atoms with Crippen molar-refractivity contribution < 1.29 is 9.59 Å². The summed E-state index contributed by atoms with van der Waals surface area (Å²) in [5.74, 6) is 0.124. The summed E-state index contributed by atoms with van der Waals surface area (Å²) in [5.41, 5.74) is 0.985. The highest BCUT2D eigenvalue weighted by molar-refractivity contribution is 6.04. The van der Waals surface area contributed by atoms with E-state index in [1.54, 1.807) is 18.0 Å². The number of hydrogen-bond donors (Lipinski definition) is 2. The van der Waals surface area contributed by atoms with Gasteiger partial charge in [-0.15, -0.1) is 0 Å². The third-order valence-electron chi connectivity index (χ3n) is 3.13. The van der Waals surface area contributed by atoms with Crippen molar-refractivity contribution in [2.75, 3.05) is 18.0 Å². The van der Waals surface area contributed by atoms with E-state index in [1.807, 2.05) is 19.1 Å². The van der Waals surface area contributed by atoms with Crippen LogP contribution in [0.1, 0.15) is 19.4 Å². The topological polar surface area (TPSA) is 74.3 Å². The van der Waals surface area contributed by atoms with Crippen LogP contribution in [0.3, 0.4) is 0 Å². The van der Waals surface area contributed by atoms with Crippen molar-refractivity contribution in [1.82, 2.24) is 15.6 Å². The molecule has 0 aliphatic carbocycles. The average Bonchev–Trinajstić information content (AvgIpc) is 2.41. The first-order valence-corrected chi connectivity index (χ1v) is 6.38. The Labute approximate surface area is 112 Å². The van der Waals surface area contributed by atoms with Gasteiger partial charge < -0.3 is 10.2 Å². The SMILES string of the molecule is CCNCc1cccnc1N1CC(=O)NC(=O)C1C. The molecule has 2 heterocycles. The number of carbonyl (C=O) groups is 2. The normalized spacial score (nSPS) is 19.5. The van der Waals surface area contributed by atoms with Crippen LogP contribution in [0.5, 0.6) is 0 Å². The monoisotopic (exact) mass is 262 g/mol. The Morgan fingerprint density at radius 3 is 3.05 bits per heavy atom. The molecule has 0 aromatic carbocycles. The molecule has 1 aromatic rings. The quantitative estimate of drug-likeness (QED) is 0.750. The Balaban J connectivity index is 2.29. The van der Waals surface area contributed by atoms with E-state index in [9.17, 15) is 9.59 Å². The lowest BCUT2D eigenvalue weighted by molar-refractivity contribution is -0.132. The predicted octanol–water partition coefficient (Wildman–Crippen LogP) is 0.0424. The molecule has 2 N–H and O–H groups in total. The minimum atomic E-state index is -0.395. The third kappa shape index (κ3) is 2.90. The molecule has 1 aliphatic rings. The summed E-state index contributed by atoms with van der Waals surface area (Å²) in [4.78, 5) is 29.3. The van der Waals surface area contributed by atoms with Crippen molar-refractivity contribution in [2.24, 2.45) is 0 Å². The summed E-state index contributed by atoms with van der Waals surface area (Å²) in [6.07, 6.45) is 1.68. The maximum Gasteiger partial charge on any atom is 0.249 e. The zero-order chi connectivity index (χ0) is 13.8. The van der Waals surface area contributed by atoms with E-state index in [0.717, 1.165) is 12.1 Å². The molecule has 6 nitrogen and oxygen atoms in total. The fourth-order valence-corrected chi connectivity index (χ4v) is 2.06. The van der Waals surface area contributed by atoms with Crippen molar-refractivity contribution in [3.63, 3.8) is 0 Å². The molecule has 0 radical (unpaired) electrons. The van der Waals surface area contributed by atoms with Gasteiger partial charge >= 0.3 is 0 Å². The van der Waals surface area contributed by atoms with E-state index in [4.69, 9.17) is 0 Å². The molecule has 2 rings (SSSR count). The first kappa shape index (κ1) is 13.5. The molecular weight excluding hydrogens is 244 g/mol. The second-order valence-electron chi connectivity index (χ2n) is 4.48. The van der Waals surface area contributed by atoms with Gasteiger partial charge in [-0.2, -0.15) is 0 Å². The minimum absolute atomic E-state index is 0.156. The van der Waals surface area contributed by atoms with Crippen molar-refractivity contribution in [2.45, 2.75) is 26.4 Å². The second kappa shape index (κ2) is 5.79. The zero-order valence-electron chi connectivity index (χ0n) is 11.1. The van der Waals surface area contributed by atoms with Crippen LogP contribution in [-0.4, -0.2) is 35.9 Å². The molecular formula is C13H18N4O2. The maximum atomic E-state index is 11.7. The summed E-state index contributed by atoms with van der Waals surface area (Å²) < 4.78 is 0. The highest BCUT2D eigenvalue weighted by Crippen LogP contribution is 2.21. The molecule has 1 aromatic heterocycles. The van der Waals surface area contributed by atoms with Gasteiger partial charge in [-0.3, -0.25) is 14.9 Å². The molecule has 1 aliphatic heterocycles. The van der Waals surface area contributed by atoms with Gasteiger partial charge in [0.15, 0.2) is 0 Å². The lowest BCUT2D eigenvalue weighted by Crippen LogP contribution is -2.57.